The van der Waals surface area contributed by atoms with Crippen LogP contribution in [0.25, 0.3) is 73.1 Å². The molecule has 0 saturated carbocycles. The lowest BCUT2D eigenvalue weighted by atomic mass is 10.0. The van der Waals surface area contributed by atoms with Gasteiger partial charge in [0.2, 0.25) is 0 Å². The number of hydrogen-bond donors (Lipinski definition) is 0. The summed E-state index contributed by atoms with van der Waals surface area (Å²) >= 11 is 5.53. The van der Waals surface area contributed by atoms with Crippen molar-refractivity contribution in [3.05, 3.63) is 200 Å². The maximum Gasteiger partial charge on any atom is 0.0468 e. The van der Waals surface area contributed by atoms with Gasteiger partial charge >= 0.3 is 0 Å². The van der Waals surface area contributed by atoms with Gasteiger partial charge in [0.05, 0.1) is 0 Å². The fourth-order valence-corrected chi connectivity index (χ4v) is 10.4. The Morgan fingerprint density at radius 3 is 1.33 bits per heavy atom. The van der Waals surface area contributed by atoms with Gasteiger partial charge in [-0.2, -0.15) is 0 Å². The van der Waals surface area contributed by atoms with Gasteiger partial charge in [0.1, 0.15) is 0 Å². The van der Waals surface area contributed by atoms with Crippen LogP contribution in [-0.4, -0.2) is 0 Å². The number of fused-ring (bicyclic) bond motifs is 3. The monoisotopic (exact) mass is 743 g/mol. The molecule has 0 aliphatic carbocycles. The molecule has 0 radical (unpaired) electrons. The summed E-state index contributed by atoms with van der Waals surface area (Å²) < 4.78 is 2.66. The van der Waals surface area contributed by atoms with Crippen LogP contribution < -0.4 is 4.90 Å². The Labute approximate surface area is 327 Å². The molecule has 4 heteroatoms. The third kappa shape index (κ3) is 6.25. The number of thiophene rings is 3. The van der Waals surface area contributed by atoms with Crippen molar-refractivity contribution in [2.24, 2.45) is 0 Å². The summed E-state index contributed by atoms with van der Waals surface area (Å²) in [5, 5.41) is 2.64. The summed E-state index contributed by atoms with van der Waals surface area (Å²) in [5.41, 5.74) is 10.7. The molecule has 7 aromatic carbocycles. The van der Waals surface area contributed by atoms with Crippen LogP contribution in [0.15, 0.2) is 200 Å². The van der Waals surface area contributed by atoms with Crippen LogP contribution in [0.1, 0.15) is 0 Å². The number of hydrogen-bond acceptors (Lipinski definition) is 4. The molecule has 0 aliphatic heterocycles. The smallest absolute Gasteiger partial charge is 0.0468 e. The quantitative estimate of drug-likeness (QED) is 0.150. The van der Waals surface area contributed by atoms with E-state index in [0.717, 1.165) is 17.1 Å². The standard InChI is InChI=1S/C50H33NS3/c1-3-11-35(12-4-1)45-27-29-47(52-45)38-15-9-17-41(31-38)51(42-18-10-16-39(32-42)48-30-28-46(53-48)36-13-5-2-6-14-36)40-24-21-34(22-25-40)37-23-26-50-44(33-37)43-19-7-8-20-49(43)54-50/h1-33H. The van der Waals surface area contributed by atoms with Gasteiger partial charge in [-0.15, -0.1) is 34.0 Å². The third-order valence-corrected chi connectivity index (χ3v) is 13.5. The van der Waals surface area contributed by atoms with E-state index in [1.165, 1.54) is 73.1 Å². The van der Waals surface area contributed by atoms with Crippen molar-refractivity contribution in [1.82, 2.24) is 0 Å². The summed E-state index contributed by atoms with van der Waals surface area (Å²) in [7, 11) is 0. The number of benzene rings is 7. The molecule has 0 amide bonds. The molecule has 3 heterocycles. The molecule has 1 nitrogen and oxygen atoms in total. The predicted octanol–water partition coefficient (Wildman–Crippen LogP) is 16.0. The Kier molecular flexibility index (Phi) is 8.49. The maximum absolute atomic E-state index is 2.39. The minimum absolute atomic E-state index is 1.11. The molecule has 3 aromatic heterocycles. The number of rotatable bonds is 8. The first-order chi connectivity index (χ1) is 26.7. The Bertz CT molecular complexity index is 2760. The molecule has 10 aromatic rings. The highest BCUT2D eigenvalue weighted by Gasteiger charge is 2.17. The maximum atomic E-state index is 2.39. The summed E-state index contributed by atoms with van der Waals surface area (Å²) in [4.78, 5) is 7.45. The van der Waals surface area contributed by atoms with E-state index in [2.05, 4.69) is 205 Å². The SMILES string of the molecule is c1ccc(-c2ccc(-c3cccc(N(c4ccc(-c5ccc6sc7ccccc7c6c5)cc4)c4cccc(-c5ccc(-c6ccccc6)s5)c4)c3)s2)cc1. The average Bonchev–Trinajstić information content (AvgIpc) is 4.02. The lowest BCUT2D eigenvalue weighted by Crippen LogP contribution is -2.10. The Hall–Kier alpha value is -6.04. The molecule has 0 atom stereocenters. The van der Waals surface area contributed by atoms with Crippen molar-refractivity contribution in [3.8, 4) is 52.9 Å². The lowest BCUT2D eigenvalue weighted by molar-refractivity contribution is 1.28. The largest absolute Gasteiger partial charge is 0.310 e. The molecule has 0 aliphatic rings. The molecule has 0 fully saturated rings. The van der Waals surface area contributed by atoms with Crippen molar-refractivity contribution in [3.63, 3.8) is 0 Å². The van der Waals surface area contributed by atoms with Crippen LogP contribution in [0.5, 0.6) is 0 Å². The first kappa shape index (κ1) is 32.6. The van der Waals surface area contributed by atoms with E-state index < -0.39 is 0 Å². The van der Waals surface area contributed by atoms with Crippen LogP contribution in [0.2, 0.25) is 0 Å². The third-order valence-electron chi connectivity index (χ3n) is 9.94. The number of anilines is 3. The normalized spacial score (nSPS) is 11.3. The van der Waals surface area contributed by atoms with Gasteiger partial charge in [-0.1, -0.05) is 121 Å². The van der Waals surface area contributed by atoms with Gasteiger partial charge in [0.25, 0.3) is 0 Å². The summed E-state index contributed by atoms with van der Waals surface area (Å²) in [5.74, 6) is 0. The zero-order valence-corrected chi connectivity index (χ0v) is 31.7. The second kappa shape index (κ2) is 14.1. The fourth-order valence-electron chi connectivity index (χ4n) is 7.25. The van der Waals surface area contributed by atoms with E-state index >= 15 is 0 Å². The molecule has 0 N–H and O–H groups in total. The molecule has 0 unspecified atom stereocenters. The van der Waals surface area contributed by atoms with Crippen molar-refractivity contribution >= 4 is 71.2 Å². The Morgan fingerprint density at radius 2 is 0.741 bits per heavy atom. The fraction of sp³-hybridized carbons (Fsp3) is 0. The second-order valence-electron chi connectivity index (χ2n) is 13.4. The van der Waals surface area contributed by atoms with Crippen LogP contribution in [0.4, 0.5) is 17.1 Å². The molecule has 54 heavy (non-hydrogen) atoms. The van der Waals surface area contributed by atoms with Gasteiger partial charge in [-0.05, 0) is 112 Å². The van der Waals surface area contributed by atoms with Crippen LogP contribution in [0, 0.1) is 0 Å². The van der Waals surface area contributed by atoms with Crippen molar-refractivity contribution in [1.29, 1.82) is 0 Å². The molecule has 0 bridgehead atoms. The van der Waals surface area contributed by atoms with Crippen LogP contribution in [-0.2, 0) is 0 Å². The van der Waals surface area contributed by atoms with E-state index in [1.807, 2.05) is 34.0 Å². The van der Waals surface area contributed by atoms with Crippen molar-refractivity contribution in [2.75, 3.05) is 4.90 Å². The minimum Gasteiger partial charge on any atom is -0.310 e. The predicted molar refractivity (Wildman–Crippen MR) is 237 cm³/mol. The summed E-state index contributed by atoms with van der Waals surface area (Å²) in [6.45, 7) is 0. The number of nitrogens with zero attached hydrogens (tertiary/aromatic N) is 1. The molecular formula is C50H33NS3. The van der Waals surface area contributed by atoms with Crippen LogP contribution >= 0.6 is 34.0 Å². The Balaban J connectivity index is 1.05. The molecular weight excluding hydrogens is 711 g/mol. The van der Waals surface area contributed by atoms with Gasteiger partial charge in [-0.3, -0.25) is 0 Å². The van der Waals surface area contributed by atoms with Gasteiger partial charge < -0.3 is 4.90 Å². The summed E-state index contributed by atoms with van der Waals surface area (Å²) in [6, 6.07) is 72.9. The van der Waals surface area contributed by atoms with E-state index in [9.17, 15) is 0 Å². The minimum atomic E-state index is 1.11. The van der Waals surface area contributed by atoms with Crippen LogP contribution in [0.3, 0.4) is 0 Å². The van der Waals surface area contributed by atoms with E-state index in [1.54, 1.807) is 0 Å². The highest BCUT2D eigenvalue weighted by Crippen LogP contribution is 2.43. The highest BCUT2D eigenvalue weighted by atomic mass is 32.1. The zero-order valence-electron chi connectivity index (χ0n) is 29.2. The highest BCUT2D eigenvalue weighted by molar-refractivity contribution is 7.25. The van der Waals surface area contributed by atoms with Gasteiger partial charge in [0, 0.05) is 56.7 Å². The van der Waals surface area contributed by atoms with Crippen molar-refractivity contribution < 1.29 is 0 Å². The Morgan fingerprint density at radius 1 is 0.259 bits per heavy atom. The topological polar surface area (TPSA) is 3.24 Å². The van der Waals surface area contributed by atoms with E-state index in [0.29, 0.717) is 0 Å². The van der Waals surface area contributed by atoms with E-state index in [-0.39, 0.29) is 0 Å². The molecule has 256 valence electrons. The average molecular weight is 744 g/mol. The van der Waals surface area contributed by atoms with Gasteiger partial charge in [0.15, 0.2) is 0 Å². The van der Waals surface area contributed by atoms with Crippen molar-refractivity contribution in [2.45, 2.75) is 0 Å². The first-order valence-corrected chi connectivity index (χ1v) is 20.5. The molecule has 0 spiro atoms. The first-order valence-electron chi connectivity index (χ1n) is 18.1. The summed E-state index contributed by atoms with van der Waals surface area (Å²) in [6.07, 6.45) is 0. The zero-order chi connectivity index (χ0) is 35.8. The lowest BCUT2D eigenvalue weighted by Gasteiger charge is -2.26. The van der Waals surface area contributed by atoms with E-state index in [4.69, 9.17) is 0 Å². The second-order valence-corrected chi connectivity index (χ2v) is 16.6. The molecule has 10 rings (SSSR count). The molecule has 0 saturated heterocycles. The van der Waals surface area contributed by atoms with Gasteiger partial charge in [-0.25, -0.2) is 0 Å².